The van der Waals surface area contributed by atoms with Crippen LogP contribution in [0.4, 0.5) is 0 Å². The SMILES string of the molecule is [Si]CP(C[Si])C[Si]. The van der Waals surface area contributed by atoms with Crippen LogP contribution in [0, 0.1) is 0 Å². The van der Waals surface area contributed by atoms with Crippen molar-refractivity contribution in [3.05, 3.63) is 0 Å². The molecule has 0 aliphatic rings. The zero-order valence-electron chi connectivity index (χ0n) is 4.07. The average Bonchev–Trinajstić information content (AvgIpc) is 1.72. The standard InChI is InChI=1S/C3H6PSi3/c5-1-4(2-6)3-7/h1-3H2. The van der Waals surface area contributed by atoms with Gasteiger partial charge >= 0.3 is 0 Å². The summed E-state index contributed by atoms with van der Waals surface area (Å²) in [4.78, 5) is 0. The molecule has 0 nitrogen and oxygen atoms in total. The van der Waals surface area contributed by atoms with E-state index in [1.54, 1.807) is 0 Å². The van der Waals surface area contributed by atoms with E-state index < -0.39 is 0 Å². The molecule has 0 aromatic heterocycles. The van der Waals surface area contributed by atoms with E-state index in [9.17, 15) is 0 Å². The predicted molar refractivity (Wildman–Crippen MR) is 38.8 cm³/mol. The van der Waals surface area contributed by atoms with Gasteiger partial charge in [-0.25, -0.2) is 0 Å². The van der Waals surface area contributed by atoms with Gasteiger partial charge < -0.3 is 0 Å². The van der Waals surface area contributed by atoms with Crippen LogP contribution in [0.5, 0.6) is 0 Å². The van der Waals surface area contributed by atoms with Crippen molar-refractivity contribution in [1.82, 2.24) is 0 Å². The lowest BCUT2D eigenvalue weighted by Crippen LogP contribution is -1.93. The lowest BCUT2D eigenvalue weighted by Gasteiger charge is -2.06. The summed E-state index contributed by atoms with van der Waals surface area (Å²) < 4.78 is 0. The van der Waals surface area contributed by atoms with Crippen LogP contribution >= 0.6 is 7.92 Å². The van der Waals surface area contributed by atoms with E-state index in [1.165, 1.54) is 0 Å². The molecule has 35 valence electrons. The Morgan fingerprint density at radius 1 is 0.857 bits per heavy atom. The van der Waals surface area contributed by atoms with Gasteiger partial charge in [0.1, 0.15) is 0 Å². The second-order valence-corrected chi connectivity index (χ2v) is 6.28. The summed E-state index contributed by atoms with van der Waals surface area (Å²) in [6.45, 7) is 0. The predicted octanol–water partition coefficient (Wildman–Crippen LogP) is -0.154. The highest BCUT2D eigenvalue weighted by atomic mass is 31.1. The zero-order chi connectivity index (χ0) is 5.70. The molecule has 0 N–H and O–H groups in total. The highest BCUT2D eigenvalue weighted by molar-refractivity contribution is 7.62. The second-order valence-electron chi connectivity index (χ2n) is 1.15. The topological polar surface area (TPSA) is 0 Å². The van der Waals surface area contributed by atoms with Crippen LogP contribution in [0.15, 0.2) is 0 Å². The Morgan fingerprint density at radius 2 is 1.14 bits per heavy atom. The molecule has 0 spiro atoms. The maximum Gasteiger partial charge on any atom is 0.0282 e. The molecule has 0 rings (SSSR count). The van der Waals surface area contributed by atoms with Crippen molar-refractivity contribution in [3.63, 3.8) is 0 Å². The van der Waals surface area contributed by atoms with Crippen LogP contribution < -0.4 is 0 Å². The fourth-order valence-corrected chi connectivity index (χ4v) is 4.53. The van der Waals surface area contributed by atoms with Crippen molar-refractivity contribution in [2.24, 2.45) is 0 Å². The van der Waals surface area contributed by atoms with Gasteiger partial charge in [-0.1, -0.05) is 0 Å². The third-order valence-electron chi connectivity index (χ3n) is 0.671. The Hall–Kier alpha value is 1.08. The third-order valence-corrected chi connectivity index (χ3v) is 6.04. The molecule has 9 radical (unpaired) electrons. The highest BCUT2D eigenvalue weighted by Gasteiger charge is 1.94. The maximum atomic E-state index is 3.45. The summed E-state index contributed by atoms with van der Waals surface area (Å²) in [5.74, 6) is 3.38. The molecule has 0 bridgehead atoms. The monoisotopic (exact) mass is 157 g/mol. The molecule has 0 unspecified atom stereocenters. The molecule has 4 heteroatoms. The normalized spacial score (nSPS) is 10.3. The minimum absolute atomic E-state index is 0.187. The molecule has 7 heavy (non-hydrogen) atoms. The van der Waals surface area contributed by atoms with Crippen molar-refractivity contribution in [2.75, 3.05) is 17.4 Å². The van der Waals surface area contributed by atoms with Gasteiger partial charge in [-0.2, -0.15) is 0 Å². The fraction of sp³-hybridized carbons (Fsp3) is 1.00. The molecule has 0 aromatic carbocycles. The summed E-state index contributed by atoms with van der Waals surface area (Å²) in [6.07, 6.45) is 0. The van der Waals surface area contributed by atoms with Gasteiger partial charge in [-0.15, -0.1) is 7.92 Å². The Kier molecular flexibility index (Phi) is 6.03. The first kappa shape index (κ1) is 8.08. The van der Waals surface area contributed by atoms with Crippen molar-refractivity contribution >= 4 is 38.6 Å². The van der Waals surface area contributed by atoms with Gasteiger partial charge in [-0.05, 0) is 17.4 Å². The second kappa shape index (κ2) is 5.22. The lowest BCUT2D eigenvalue weighted by atomic mass is 11.8. The van der Waals surface area contributed by atoms with E-state index >= 15 is 0 Å². The molecular formula is C3H6PSi3. The van der Waals surface area contributed by atoms with E-state index in [0.29, 0.717) is 0 Å². The smallest absolute Gasteiger partial charge is 0.0282 e. The molecule has 0 amide bonds. The first-order chi connectivity index (χ1) is 3.35. The van der Waals surface area contributed by atoms with Gasteiger partial charge in [0.15, 0.2) is 0 Å². The fourth-order valence-electron chi connectivity index (χ4n) is 0.168. The van der Waals surface area contributed by atoms with E-state index in [-0.39, 0.29) is 7.92 Å². The Bertz CT molecular complexity index is 31.7. The number of hydrogen-bond donors (Lipinski definition) is 0. The third kappa shape index (κ3) is 3.65. The summed E-state index contributed by atoms with van der Waals surface area (Å²) >= 11 is 0. The summed E-state index contributed by atoms with van der Waals surface area (Å²) in [5.41, 5.74) is 0. The van der Waals surface area contributed by atoms with E-state index in [4.69, 9.17) is 0 Å². The van der Waals surface area contributed by atoms with Gasteiger partial charge in [0.05, 0.1) is 0 Å². The lowest BCUT2D eigenvalue weighted by molar-refractivity contribution is 1.90. The van der Waals surface area contributed by atoms with Gasteiger partial charge in [0, 0.05) is 30.7 Å². The van der Waals surface area contributed by atoms with Gasteiger partial charge in [0.2, 0.25) is 0 Å². The zero-order valence-corrected chi connectivity index (χ0v) is 7.96. The molecule has 0 atom stereocenters. The van der Waals surface area contributed by atoms with Crippen molar-refractivity contribution < 1.29 is 0 Å². The largest absolute Gasteiger partial charge is 0.117 e. The molecule has 0 heterocycles. The maximum absolute atomic E-state index is 3.45. The van der Waals surface area contributed by atoms with Crippen LogP contribution in [0.25, 0.3) is 0 Å². The number of rotatable bonds is 3. The minimum atomic E-state index is 0.187. The van der Waals surface area contributed by atoms with E-state index in [2.05, 4.69) is 30.7 Å². The Labute approximate surface area is 56.5 Å². The van der Waals surface area contributed by atoms with E-state index in [1.807, 2.05) is 0 Å². The van der Waals surface area contributed by atoms with Gasteiger partial charge in [-0.3, -0.25) is 0 Å². The molecule has 0 fully saturated rings. The van der Waals surface area contributed by atoms with Crippen molar-refractivity contribution in [1.29, 1.82) is 0 Å². The van der Waals surface area contributed by atoms with Crippen LogP contribution in [0.1, 0.15) is 0 Å². The molecule has 0 aliphatic heterocycles. The number of hydrogen-bond acceptors (Lipinski definition) is 0. The van der Waals surface area contributed by atoms with Crippen LogP contribution in [0.2, 0.25) is 0 Å². The van der Waals surface area contributed by atoms with Crippen molar-refractivity contribution in [2.45, 2.75) is 0 Å². The van der Waals surface area contributed by atoms with Gasteiger partial charge in [0.25, 0.3) is 0 Å². The highest BCUT2D eigenvalue weighted by Crippen LogP contribution is 2.28. The summed E-state index contributed by atoms with van der Waals surface area (Å²) in [7, 11) is 10.5. The first-order valence-electron chi connectivity index (χ1n) is 2.01. The summed E-state index contributed by atoms with van der Waals surface area (Å²) in [6, 6.07) is 0. The van der Waals surface area contributed by atoms with Crippen LogP contribution in [-0.4, -0.2) is 48.1 Å². The van der Waals surface area contributed by atoms with Crippen molar-refractivity contribution in [3.8, 4) is 0 Å². The molecule has 0 aromatic rings. The molecule has 0 saturated heterocycles. The van der Waals surface area contributed by atoms with E-state index in [0.717, 1.165) is 17.4 Å². The average molecular weight is 157 g/mol. The molecule has 0 aliphatic carbocycles. The van der Waals surface area contributed by atoms with Crippen LogP contribution in [0.3, 0.4) is 0 Å². The minimum Gasteiger partial charge on any atom is -0.117 e. The molecule has 0 saturated carbocycles. The Balaban J connectivity index is 2.99. The summed E-state index contributed by atoms with van der Waals surface area (Å²) in [5, 5.41) is 0. The Morgan fingerprint density at radius 3 is 1.14 bits per heavy atom. The molecular weight excluding hydrogens is 151 g/mol. The van der Waals surface area contributed by atoms with Crippen LogP contribution in [-0.2, 0) is 0 Å². The quantitative estimate of drug-likeness (QED) is 0.395. The first-order valence-corrected chi connectivity index (χ1v) is 6.03.